The monoisotopic (exact) mass is 385 g/mol. The number of benzene rings is 2. The lowest BCUT2D eigenvalue weighted by Gasteiger charge is -2.08. The molecule has 0 aliphatic rings. The maximum absolute atomic E-state index is 12.1. The summed E-state index contributed by atoms with van der Waals surface area (Å²) in [6.07, 6.45) is 0. The zero-order valence-electron chi connectivity index (χ0n) is 12.3. The minimum Gasteiger partial charge on any atom is -0.478 e. The first-order valence-electron chi connectivity index (χ1n) is 6.77. The summed E-state index contributed by atoms with van der Waals surface area (Å²) < 4.78 is 12.1. The predicted octanol–water partition coefficient (Wildman–Crippen LogP) is 3.58. The summed E-state index contributed by atoms with van der Waals surface area (Å²) in [5, 5.41) is 12.2. The molecule has 0 saturated carbocycles. The lowest BCUT2D eigenvalue weighted by Crippen LogP contribution is -2.20. The van der Waals surface area contributed by atoms with E-state index in [-0.39, 0.29) is 22.1 Å². The van der Waals surface area contributed by atoms with E-state index in [1.807, 2.05) is 0 Å². The lowest BCUT2D eigenvalue weighted by atomic mass is 10.1. The van der Waals surface area contributed by atoms with E-state index in [9.17, 15) is 13.8 Å². The van der Waals surface area contributed by atoms with Crippen LogP contribution < -0.4 is 5.32 Å². The summed E-state index contributed by atoms with van der Waals surface area (Å²) >= 11 is 11.7. The van der Waals surface area contributed by atoms with Crippen molar-refractivity contribution in [3.8, 4) is 0 Å². The van der Waals surface area contributed by atoms with Gasteiger partial charge in [-0.3, -0.25) is 9.00 Å². The molecule has 0 fully saturated rings. The Labute approximate surface area is 151 Å². The van der Waals surface area contributed by atoms with E-state index in [2.05, 4.69) is 5.32 Å². The summed E-state index contributed by atoms with van der Waals surface area (Å²) in [6, 6.07) is 10.8. The number of amides is 1. The Kier molecular flexibility index (Phi) is 6.36. The number of carboxylic acids is 1. The van der Waals surface area contributed by atoms with Crippen molar-refractivity contribution >= 4 is 51.6 Å². The van der Waals surface area contributed by atoms with Crippen LogP contribution in [0.15, 0.2) is 42.5 Å². The first-order valence-corrected chi connectivity index (χ1v) is 9.01. The SMILES string of the molecule is O=C(CS(=O)Cc1cccc(C(=O)O)c1)Nc1ccc(Cl)cc1Cl. The summed E-state index contributed by atoms with van der Waals surface area (Å²) in [4.78, 5) is 22.8. The number of nitrogens with one attached hydrogen (secondary N) is 1. The zero-order valence-corrected chi connectivity index (χ0v) is 14.6. The van der Waals surface area contributed by atoms with Gasteiger partial charge >= 0.3 is 5.97 Å². The molecule has 2 aromatic carbocycles. The molecule has 24 heavy (non-hydrogen) atoms. The third kappa shape index (κ3) is 5.33. The number of hydrogen-bond acceptors (Lipinski definition) is 3. The van der Waals surface area contributed by atoms with Crippen LogP contribution in [0.5, 0.6) is 0 Å². The Bertz CT molecular complexity index is 810. The molecule has 0 heterocycles. The van der Waals surface area contributed by atoms with E-state index in [0.717, 1.165) is 0 Å². The van der Waals surface area contributed by atoms with Gasteiger partial charge in [-0.05, 0) is 35.9 Å². The molecule has 1 atom stereocenters. The Morgan fingerprint density at radius 1 is 1.12 bits per heavy atom. The average Bonchev–Trinajstić information content (AvgIpc) is 2.50. The number of hydrogen-bond donors (Lipinski definition) is 2. The minimum atomic E-state index is -1.48. The third-order valence-electron chi connectivity index (χ3n) is 3.00. The largest absolute Gasteiger partial charge is 0.478 e. The molecule has 5 nitrogen and oxygen atoms in total. The third-order valence-corrected chi connectivity index (χ3v) is 4.79. The Morgan fingerprint density at radius 2 is 1.88 bits per heavy atom. The molecule has 0 aliphatic heterocycles. The van der Waals surface area contributed by atoms with Gasteiger partial charge in [0.25, 0.3) is 0 Å². The molecule has 8 heteroatoms. The van der Waals surface area contributed by atoms with Crippen LogP contribution in [0, 0.1) is 0 Å². The minimum absolute atomic E-state index is 0.0862. The fourth-order valence-electron chi connectivity index (χ4n) is 1.95. The highest BCUT2D eigenvalue weighted by Crippen LogP contribution is 2.25. The van der Waals surface area contributed by atoms with Crippen molar-refractivity contribution in [2.24, 2.45) is 0 Å². The van der Waals surface area contributed by atoms with E-state index in [1.165, 1.54) is 18.2 Å². The number of halogens is 2. The Morgan fingerprint density at radius 3 is 2.54 bits per heavy atom. The van der Waals surface area contributed by atoms with Crippen LogP contribution in [0.2, 0.25) is 10.0 Å². The predicted molar refractivity (Wildman–Crippen MR) is 95.2 cm³/mol. The Hall–Kier alpha value is -1.89. The molecule has 0 aliphatic carbocycles. The van der Waals surface area contributed by atoms with Crippen LogP contribution in [-0.4, -0.2) is 26.9 Å². The molecule has 0 radical (unpaired) electrons. The van der Waals surface area contributed by atoms with E-state index < -0.39 is 22.7 Å². The van der Waals surface area contributed by atoms with Gasteiger partial charge in [0.1, 0.15) is 5.75 Å². The molecule has 0 bridgehead atoms. The van der Waals surface area contributed by atoms with Gasteiger partial charge in [-0.15, -0.1) is 0 Å². The first kappa shape index (κ1) is 18.4. The second-order valence-electron chi connectivity index (χ2n) is 4.91. The van der Waals surface area contributed by atoms with Crippen LogP contribution in [0.1, 0.15) is 15.9 Å². The van der Waals surface area contributed by atoms with Crippen molar-refractivity contribution in [3.05, 3.63) is 63.6 Å². The fraction of sp³-hybridized carbons (Fsp3) is 0.125. The second kappa shape index (κ2) is 8.28. The normalized spacial score (nSPS) is 11.8. The van der Waals surface area contributed by atoms with Crippen molar-refractivity contribution < 1.29 is 18.9 Å². The number of aromatic carboxylic acids is 1. The second-order valence-corrected chi connectivity index (χ2v) is 7.21. The number of rotatable bonds is 6. The van der Waals surface area contributed by atoms with Crippen molar-refractivity contribution in [1.82, 2.24) is 0 Å². The molecule has 0 aromatic heterocycles. The first-order chi connectivity index (χ1) is 11.3. The maximum atomic E-state index is 12.1. The van der Waals surface area contributed by atoms with Crippen molar-refractivity contribution in [3.63, 3.8) is 0 Å². The standard InChI is InChI=1S/C16H13Cl2NO4S/c17-12-4-5-14(13(18)7-12)19-15(20)9-24(23)8-10-2-1-3-11(6-10)16(21)22/h1-7H,8-9H2,(H,19,20)(H,21,22). The molecule has 2 N–H and O–H groups in total. The molecule has 1 unspecified atom stereocenters. The van der Waals surface area contributed by atoms with Crippen molar-refractivity contribution in [2.45, 2.75) is 5.75 Å². The quantitative estimate of drug-likeness (QED) is 0.795. The van der Waals surface area contributed by atoms with Gasteiger partial charge in [-0.1, -0.05) is 35.3 Å². The molecular weight excluding hydrogens is 373 g/mol. The highest BCUT2D eigenvalue weighted by molar-refractivity contribution is 7.84. The topological polar surface area (TPSA) is 83.5 Å². The fourth-order valence-corrected chi connectivity index (χ4v) is 3.43. The molecule has 2 rings (SSSR count). The zero-order chi connectivity index (χ0) is 17.7. The molecule has 0 spiro atoms. The van der Waals surface area contributed by atoms with Crippen LogP contribution in [0.3, 0.4) is 0 Å². The maximum Gasteiger partial charge on any atom is 0.335 e. The van der Waals surface area contributed by atoms with Gasteiger partial charge < -0.3 is 10.4 Å². The average molecular weight is 386 g/mol. The van der Waals surface area contributed by atoms with E-state index in [0.29, 0.717) is 16.3 Å². The van der Waals surface area contributed by atoms with Crippen LogP contribution in [0.4, 0.5) is 5.69 Å². The summed E-state index contributed by atoms with van der Waals surface area (Å²) in [6.45, 7) is 0. The summed E-state index contributed by atoms with van der Waals surface area (Å²) in [7, 11) is -1.48. The van der Waals surface area contributed by atoms with Crippen molar-refractivity contribution in [1.29, 1.82) is 0 Å². The van der Waals surface area contributed by atoms with E-state index in [1.54, 1.807) is 24.3 Å². The van der Waals surface area contributed by atoms with Gasteiger partial charge in [-0.2, -0.15) is 0 Å². The summed E-state index contributed by atoms with van der Waals surface area (Å²) in [5.41, 5.74) is 1.09. The molecule has 0 saturated heterocycles. The van der Waals surface area contributed by atoms with E-state index >= 15 is 0 Å². The highest BCUT2D eigenvalue weighted by atomic mass is 35.5. The molecular formula is C16H13Cl2NO4S. The highest BCUT2D eigenvalue weighted by Gasteiger charge is 2.12. The van der Waals surface area contributed by atoms with Crippen LogP contribution >= 0.6 is 23.2 Å². The number of carbonyl (C=O) groups excluding carboxylic acids is 1. The van der Waals surface area contributed by atoms with Gasteiger partial charge in [0, 0.05) is 21.6 Å². The smallest absolute Gasteiger partial charge is 0.335 e. The van der Waals surface area contributed by atoms with Crippen molar-refractivity contribution in [2.75, 3.05) is 11.1 Å². The molecule has 126 valence electrons. The van der Waals surface area contributed by atoms with Crippen LogP contribution in [-0.2, 0) is 21.3 Å². The summed E-state index contributed by atoms with van der Waals surface area (Å²) in [5.74, 6) is -1.65. The number of carboxylic acid groups (broad SMARTS) is 1. The van der Waals surface area contributed by atoms with Gasteiger partial charge in [-0.25, -0.2) is 4.79 Å². The van der Waals surface area contributed by atoms with Gasteiger partial charge in [0.2, 0.25) is 5.91 Å². The van der Waals surface area contributed by atoms with Crippen LogP contribution in [0.25, 0.3) is 0 Å². The molecule has 2 aromatic rings. The van der Waals surface area contributed by atoms with Gasteiger partial charge in [0.05, 0.1) is 16.3 Å². The van der Waals surface area contributed by atoms with E-state index in [4.69, 9.17) is 28.3 Å². The number of carbonyl (C=O) groups is 2. The van der Waals surface area contributed by atoms with Gasteiger partial charge in [0.15, 0.2) is 0 Å². The number of anilines is 1. The lowest BCUT2D eigenvalue weighted by molar-refractivity contribution is -0.113. The Balaban J connectivity index is 1.95. The molecule has 1 amide bonds.